The number of likely N-dealkylation sites (N-methyl/N-ethyl adjacent to an activating group) is 1. The van der Waals surface area contributed by atoms with Crippen LogP contribution in [0.1, 0.15) is 29.8 Å². The lowest BCUT2D eigenvalue weighted by Crippen LogP contribution is -2.57. The molecule has 2 aliphatic heterocycles. The Hall–Kier alpha value is -4.02. The predicted octanol–water partition coefficient (Wildman–Crippen LogP) is 3.32. The van der Waals surface area contributed by atoms with Crippen molar-refractivity contribution in [2.24, 2.45) is 0 Å². The molecule has 10 heteroatoms. The minimum atomic E-state index is -0.0978. The molecule has 4 aromatic rings. The molecule has 5 heterocycles. The van der Waals surface area contributed by atoms with Crippen LogP contribution < -0.4 is 15.5 Å². The van der Waals surface area contributed by atoms with Gasteiger partial charge in [-0.3, -0.25) is 14.2 Å². The molecule has 1 aromatic carbocycles. The molecule has 1 fully saturated rings. The number of hydrogen-bond donors (Lipinski definition) is 2. The van der Waals surface area contributed by atoms with E-state index in [4.69, 9.17) is 4.74 Å². The standard InChI is InChI=1S/C28H32N8O2/c1-28(2,34(3)4)23-17-35(11-12-38-23)18-5-8-24(30-13-18)33-21-7-6-19(20-14-32-27(37)26(20)21)22-15-31-25-16-29-9-10-36(22)25/h5-10,13,15-16,23H,11-12,14,17H2,1-4H3,(H,30,33)(H,32,37)/t23-/m1/s1. The van der Waals surface area contributed by atoms with Crippen molar-refractivity contribution in [2.45, 2.75) is 32.0 Å². The van der Waals surface area contributed by atoms with Crippen molar-refractivity contribution in [3.63, 3.8) is 0 Å². The van der Waals surface area contributed by atoms with Crippen LogP contribution in [-0.4, -0.2) is 75.6 Å². The van der Waals surface area contributed by atoms with E-state index in [1.807, 2.05) is 41.2 Å². The van der Waals surface area contributed by atoms with Gasteiger partial charge >= 0.3 is 0 Å². The van der Waals surface area contributed by atoms with Gasteiger partial charge in [-0.1, -0.05) is 6.07 Å². The maximum atomic E-state index is 12.9. The van der Waals surface area contributed by atoms with Crippen molar-refractivity contribution >= 4 is 28.7 Å². The number of nitrogens with one attached hydrogen (secondary N) is 2. The summed E-state index contributed by atoms with van der Waals surface area (Å²) < 4.78 is 8.09. The lowest BCUT2D eigenvalue weighted by atomic mass is 9.94. The average molecular weight is 513 g/mol. The molecular formula is C28H32N8O2. The second kappa shape index (κ2) is 9.38. The van der Waals surface area contributed by atoms with Crippen molar-refractivity contribution in [1.82, 2.24) is 29.6 Å². The molecule has 0 radical (unpaired) electrons. The van der Waals surface area contributed by atoms with Crippen LogP contribution in [0, 0.1) is 0 Å². The Balaban J connectivity index is 1.24. The van der Waals surface area contributed by atoms with Gasteiger partial charge in [-0.2, -0.15) is 0 Å². The Morgan fingerprint density at radius 3 is 2.79 bits per heavy atom. The number of aromatic nitrogens is 4. The van der Waals surface area contributed by atoms with E-state index in [0.29, 0.717) is 24.5 Å². The lowest BCUT2D eigenvalue weighted by molar-refractivity contribution is -0.0484. The van der Waals surface area contributed by atoms with Crippen LogP contribution in [0.2, 0.25) is 0 Å². The zero-order chi connectivity index (χ0) is 26.4. The Bertz CT molecular complexity index is 1490. The molecule has 2 aliphatic rings. The van der Waals surface area contributed by atoms with Gasteiger partial charge in [0, 0.05) is 43.1 Å². The highest BCUT2D eigenvalue weighted by Crippen LogP contribution is 2.35. The number of fused-ring (bicyclic) bond motifs is 2. The van der Waals surface area contributed by atoms with Crippen LogP contribution in [0.15, 0.2) is 55.2 Å². The molecule has 1 atom stereocenters. The first kappa shape index (κ1) is 24.3. The fourth-order valence-corrected chi connectivity index (χ4v) is 5.12. The lowest BCUT2D eigenvalue weighted by Gasteiger charge is -2.45. The predicted molar refractivity (Wildman–Crippen MR) is 147 cm³/mol. The molecule has 6 rings (SSSR count). The van der Waals surface area contributed by atoms with Crippen molar-refractivity contribution in [3.05, 3.63) is 66.4 Å². The van der Waals surface area contributed by atoms with Crippen LogP contribution in [0.3, 0.4) is 0 Å². The highest BCUT2D eigenvalue weighted by atomic mass is 16.5. The number of nitrogens with zero attached hydrogens (tertiary/aromatic N) is 6. The van der Waals surface area contributed by atoms with Gasteiger partial charge in [-0.25, -0.2) is 9.97 Å². The number of carbonyl (C=O) groups excluding carboxylic acids is 1. The smallest absolute Gasteiger partial charge is 0.254 e. The normalized spacial score (nSPS) is 17.7. The van der Waals surface area contributed by atoms with Crippen LogP contribution >= 0.6 is 0 Å². The molecular weight excluding hydrogens is 480 g/mol. The molecule has 3 aromatic heterocycles. The molecule has 10 nitrogen and oxygen atoms in total. The number of rotatable bonds is 6. The Morgan fingerprint density at radius 1 is 1.13 bits per heavy atom. The molecule has 2 N–H and O–H groups in total. The van der Waals surface area contributed by atoms with Crippen molar-refractivity contribution < 1.29 is 9.53 Å². The van der Waals surface area contributed by atoms with E-state index >= 15 is 0 Å². The molecule has 1 amide bonds. The largest absolute Gasteiger partial charge is 0.373 e. The minimum absolute atomic E-state index is 0.0825. The minimum Gasteiger partial charge on any atom is -0.373 e. The van der Waals surface area contributed by atoms with Crippen molar-refractivity contribution in [2.75, 3.05) is 44.0 Å². The number of pyridine rings is 1. The van der Waals surface area contributed by atoms with Crippen molar-refractivity contribution in [3.8, 4) is 11.3 Å². The number of amides is 1. The summed E-state index contributed by atoms with van der Waals surface area (Å²) in [5, 5.41) is 6.34. The first-order valence-electron chi connectivity index (χ1n) is 12.8. The van der Waals surface area contributed by atoms with Crippen LogP contribution in [0.5, 0.6) is 0 Å². The molecule has 38 heavy (non-hydrogen) atoms. The first-order valence-corrected chi connectivity index (χ1v) is 12.8. The third-order valence-electron chi connectivity index (χ3n) is 7.94. The zero-order valence-corrected chi connectivity index (χ0v) is 22.1. The summed E-state index contributed by atoms with van der Waals surface area (Å²) in [6, 6.07) is 7.99. The highest BCUT2D eigenvalue weighted by molar-refractivity contribution is 6.06. The molecule has 1 saturated heterocycles. The van der Waals surface area contributed by atoms with E-state index < -0.39 is 0 Å². The van der Waals surface area contributed by atoms with Gasteiger partial charge in [0.05, 0.1) is 53.9 Å². The third-order valence-corrected chi connectivity index (χ3v) is 7.94. The molecule has 0 spiro atoms. The molecule has 196 valence electrons. The van der Waals surface area contributed by atoms with E-state index in [0.717, 1.165) is 46.9 Å². The first-order chi connectivity index (χ1) is 18.3. The third kappa shape index (κ3) is 4.15. The maximum absolute atomic E-state index is 12.9. The Kier molecular flexibility index (Phi) is 6.00. The molecule has 0 bridgehead atoms. The number of carbonyl (C=O) groups is 1. The van der Waals surface area contributed by atoms with Gasteiger partial charge in [-0.15, -0.1) is 0 Å². The molecule has 0 unspecified atom stereocenters. The van der Waals surface area contributed by atoms with Gasteiger partial charge < -0.3 is 25.2 Å². The number of benzene rings is 1. The zero-order valence-electron chi connectivity index (χ0n) is 22.1. The van der Waals surface area contributed by atoms with Crippen molar-refractivity contribution in [1.29, 1.82) is 0 Å². The number of hydrogen-bond acceptors (Lipinski definition) is 8. The van der Waals surface area contributed by atoms with Gasteiger partial charge in [0.25, 0.3) is 5.91 Å². The Morgan fingerprint density at radius 2 is 2.00 bits per heavy atom. The summed E-state index contributed by atoms with van der Waals surface area (Å²) in [6.07, 6.45) is 9.12. The maximum Gasteiger partial charge on any atom is 0.254 e. The van der Waals surface area contributed by atoms with Gasteiger partial charge in [0.15, 0.2) is 5.65 Å². The van der Waals surface area contributed by atoms with E-state index in [-0.39, 0.29) is 17.6 Å². The second-order valence-electron chi connectivity index (χ2n) is 10.5. The number of anilines is 3. The molecule has 0 saturated carbocycles. The summed E-state index contributed by atoms with van der Waals surface area (Å²) in [6.45, 7) is 7.18. The van der Waals surface area contributed by atoms with Crippen LogP contribution in [0.4, 0.5) is 17.2 Å². The Labute approximate surface area is 221 Å². The van der Waals surface area contributed by atoms with Gasteiger partial charge in [-0.05, 0) is 51.7 Å². The summed E-state index contributed by atoms with van der Waals surface area (Å²) >= 11 is 0. The average Bonchev–Trinajstić information content (AvgIpc) is 3.54. The second-order valence-corrected chi connectivity index (χ2v) is 10.5. The van der Waals surface area contributed by atoms with E-state index in [1.165, 1.54) is 0 Å². The van der Waals surface area contributed by atoms with E-state index in [2.05, 4.69) is 69.4 Å². The summed E-state index contributed by atoms with van der Waals surface area (Å²) in [5.41, 5.74) is 5.93. The number of morpholine rings is 1. The topological polar surface area (TPSA) is 99.9 Å². The summed E-state index contributed by atoms with van der Waals surface area (Å²) in [4.78, 5) is 30.7. The quantitative estimate of drug-likeness (QED) is 0.406. The summed E-state index contributed by atoms with van der Waals surface area (Å²) in [5.74, 6) is 0.585. The highest BCUT2D eigenvalue weighted by Gasteiger charge is 2.36. The SMILES string of the molecule is CN(C)C(C)(C)[C@H]1CN(c2ccc(Nc3ccc(-c4cnc5cnccn45)c4c3C(=O)NC4)nc2)CCO1. The number of ether oxygens (including phenoxy) is 1. The van der Waals surface area contributed by atoms with Crippen LogP contribution in [0.25, 0.3) is 16.9 Å². The fourth-order valence-electron chi connectivity index (χ4n) is 5.12. The van der Waals surface area contributed by atoms with Gasteiger partial charge in [0.2, 0.25) is 0 Å². The van der Waals surface area contributed by atoms with Crippen LogP contribution in [-0.2, 0) is 11.3 Å². The van der Waals surface area contributed by atoms with E-state index in [9.17, 15) is 4.79 Å². The summed E-state index contributed by atoms with van der Waals surface area (Å²) in [7, 11) is 4.17. The molecule has 0 aliphatic carbocycles. The fraction of sp³-hybridized carbons (Fsp3) is 0.357. The number of imidazole rings is 1. The van der Waals surface area contributed by atoms with Gasteiger partial charge in [0.1, 0.15) is 5.82 Å². The van der Waals surface area contributed by atoms with E-state index in [1.54, 1.807) is 12.4 Å². The monoisotopic (exact) mass is 512 g/mol.